The summed E-state index contributed by atoms with van der Waals surface area (Å²) in [6, 6.07) is 2.63. The fourth-order valence-corrected chi connectivity index (χ4v) is 9.43. The van der Waals surface area contributed by atoms with E-state index in [4.69, 9.17) is 0 Å². The first-order chi connectivity index (χ1) is 11.2. The standard InChI is InChI=1S/C14H20N2O5S3/c1-11(17)15-4-6-16(7-5-15)12-9-23(18,19)10-13(12)24(20,21)14-3-2-8-22-14/h2-3,8,12-13H,4-7,9-10H2,1H3. The van der Waals surface area contributed by atoms with Gasteiger partial charge in [-0.05, 0) is 11.4 Å². The van der Waals surface area contributed by atoms with Crippen LogP contribution in [-0.2, 0) is 24.5 Å². The normalized spacial score (nSPS) is 28.1. The molecule has 0 N–H and O–H groups in total. The van der Waals surface area contributed by atoms with Crippen LogP contribution in [0.3, 0.4) is 0 Å². The second-order valence-electron chi connectivity index (χ2n) is 6.20. The Labute approximate surface area is 146 Å². The zero-order chi connectivity index (χ0) is 17.5. The molecule has 2 aliphatic rings. The molecule has 2 unspecified atom stereocenters. The second kappa shape index (κ2) is 6.40. The van der Waals surface area contributed by atoms with Crippen LogP contribution in [0.1, 0.15) is 6.92 Å². The molecule has 0 saturated carbocycles. The van der Waals surface area contributed by atoms with Gasteiger partial charge in [-0.2, -0.15) is 0 Å². The van der Waals surface area contributed by atoms with Crippen LogP contribution in [-0.4, -0.2) is 81.5 Å². The number of amides is 1. The summed E-state index contributed by atoms with van der Waals surface area (Å²) in [6.07, 6.45) is 0. The maximum atomic E-state index is 12.9. The lowest BCUT2D eigenvalue weighted by Crippen LogP contribution is -2.55. The van der Waals surface area contributed by atoms with Crippen LogP contribution < -0.4 is 0 Å². The van der Waals surface area contributed by atoms with Gasteiger partial charge in [0.2, 0.25) is 5.91 Å². The molecule has 3 heterocycles. The zero-order valence-electron chi connectivity index (χ0n) is 13.3. The largest absolute Gasteiger partial charge is 0.340 e. The molecule has 0 aliphatic carbocycles. The second-order valence-corrected chi connectivity index (χ2v) is 11.7. The molecule has 24 heavy (non-hydrogen) atoms. The van der Waals surface area contributed by atoms with Crippen molar-refractivity contribution in [2.45, 2.75) is 22.4 Å². The van der Waals surface area contributed by atoms with E-state index < -0.39 is 31.0 Å². The van der Waals surface area contributed by atoms with Crippen molar-refractivity contribution in [3.8, 4) is 0 Å². The van der Waals surface area contributed by atoms with Crippen molar-refractivity contribution in [2.75, 3.05) is 37.7 Å². The lowest BCUT2D eigenvalue weighted by molar-refractivity contribution is -0.130. The minimum atomic E-state index is -3.68. The summed E-state index contributed by atoms with van der Waals surface area (Å²) in [7, 11) is -7.07. The predicted octanol–water partition coefficient (Wildman–Crippen LogP) is -0.148. The third-order valence-electron chi connectivity index (χ3n) is 4.67. The molecule has 1 amide bonds. The van der Waals surface area contributed by atoms with Crippen molar-refractivity contribution >= 4 is 36.9 Å². The molecule has 1 aromatic heterocycles. The van der Waals surface area contributed by atoms with E-state index in [0.29, 0.717) is 26.2 Å². The van der Waals surface area contributed by atoms with E-state index in [1.54, 1.807) is 16.3 Å². The molecule has 0 aromatic carbocycles. The quantitative estimate of drug-likeness (QED) is 0.711. The fraction of sp³-hybridized carbons (Fsp3) is 0.643. The molecule has 2 aliphatic heterocycles. The van der Waals surface area contributed by atoms with E-state index in [-0.39, 0.29) is 21.6 Å². The van der Waals surface area contributed by atoms with Crippen molar-refractivity contribution in [3.05, 3.63) is 17.5 Å². The third kappa shape index (κ3) is 3.37. The maximum absolute atomic E-state index is 12.9. The number of carbonyl (C=O) groups is 1. The Morgan fingerprint density at radius 1 is 1.21 bits per heavy atom. The fourth-order valence-electron chi connectivity index (χ4n) is 3.38. The summed E-state index contributed by atoms with van der Waals surface area (Å²) >= 11 is 1.12. The summed E-state index contributed by atoms with van der Waals surface area (Å²) in [4.78, 5) is 15.0. The Balaban J connectivity index is 1.85. The summed E-state index contributed by atoms with van der Waals surface area (Å²) in [5, 5.41) is 0.738. The summed E-state index contributed by atoms with van der Waals surface area (Å²) in [6.45, 7) is 3.49. The van der Waals surface area contributed by atoms with Crippen molar-refractivity contribution in [1.29, 1.82) is 0 Å². The van der Waals surface area contributed by atoms with Crippen molar-refractivity contribution in [3.63, 3.8) is 0 Å². The summed E-state index contributed by atoms with van der Waals surface area (Å²) in [5.41, 5.74) is 0. The first kappa shape index (κ1) is 17.8. The SMILES string of the molecule is CC(=O)N1CCN(C2CS(=O)(=O)CC2S(=O)(=O)c2cccs2)CC1. The Morgan fingerprint density at radius 2 is 1.88 bits per heavy atom. The van der Waals surface area contributed by atoms with Crippen molar-refractivity contribution in [1.82, 2.24) is 9.80 Å². The smallest absolute Gasteiger partial charge is 0.219 e. The lowest BCUT2D eigenvalue weighted by Gasteiger charge is -2.38. The Kier molecular flexibility index (Phi) is 4.75. The minimum absolute atomic E-state index is 0.0172. The molecule has 3 rings (SSSR count). The molecule has 10 heteroatoms. The van der Waals surface area contributed by atoms with Gasteiger partial charge in [-0.25, -0.2) is 16.8 Å². The van der Waals surface area contributed by atoms with Crippen LogP contribution in [0.15, 0.2) is 21.7 Å². The highest BCUT2D eigenvalue weighted by Gasteiger charge is 2.48. The van der Waals surface area contributed by atoms with E-state index in [1.807, 2.05) is 4.90 Å². The Morgan fingerprint density at radius 3 is 2.42 bits per heavy atom. The average molecular weight is 393 g/mol. The van der Waals surface area contributed by atoms with E-state index in [1.165, 1.54) is 13.0 Å². The van der Waals surface area contributed by atoms with Crippen LogP contribution in [0.5, 0.6) is 0 Å². The maximum Gasteiger partial charge on any atom is 0.219 e. The molecule has 0 radical (unpaired) electrons. The summed E-state index contributed by atoms with van der Waals surface area (Å²) < 4.78 is 50.2. The molecular weight excluding hydrogens is 372 g/mol. The Bertz CT molecular complexity index is 809. The highest BCUT2D eigenvalue weighted by atomic mass is 32.2. The molecule has 1 aromatic rings. The van der Waals surface area contributed by atoms with Gasteiger partial charge < -0.3 is 4.90 Å². The molecule has 134 valence electrons. The molecule has 0 bridgehead atoms. The number of rotatable bonds is 3. The molecule has 2 saturated heterocycles. The highest BCUT2D eigenvalue weighted by molar-refractivity contribution is 7.97. The number of carbonyl (C=O) groups excluding carboxylic acids is 1. The average Bonchev–Trinajstić information content (AvgIpc) is 3.15. The van der Waals surface area contributed by atoms with Crippen LogP contribution in [0.2, 0.25) is 0 Å². The third-order valence-corrected chi connectivity index (χ3v) is 10.2. The first-order valence-corrected chi connectivity index (χ1v) is 11.9. The van der Waals surface area contributed by atoms with E-state index >= 15 is 0 Å². The number of sulfone groups is 2. The zero-order valence-corrected chi connectivity index (χ0v) is 15.7. The topological polar surface area (TPSA) is 91.8 Å². The van der Waals surface area contributed by atoms with Crippen molar-refractivity contribution < 1.29 is 21.6 Å². The van der Waals surface area contributed by atoms with Crippen LogP contribution in [0.25, 0.3) is 0 Å². The van der Waals surface area contributed by atoms with Crippen LogP contribution >= 0.6 is 11.3 Å². The monoisotopic (exact) mass is 392 g/mol. The highest BCUT2D eigenvalue weighted by Crippen LogP contribution is 2.31. The number of hydrogen-bond donors (Lipinski definition) is 0. The predicted molar refractivity (Wildman–Crippen MR) is 91.6 cm³/mol. The number of thiophene rings is 1. The van der Waals surface area contributed by atoms with Gasteiger partial charge >= 0.3 is 0 Å². The van der Waals surface area contributed by atoms with Gasteiger partial charge in [0.1, 0.15) is 4.21 Å². The molecule has 2 atom stereocenters. The molecule has 2 fully saturated rings. The van der Waals surface area contributed by atoms with E-state index in [0.717, 1.165) is 11.3 Å². The van der Waals surface area contributed by atoms with Crippen molar-refractivity contribution in [2.24, 2.45) is 0 Å². The molecule has 0 spiro atoms. The Hall–Kier alpha value is -0.970. The summed E-state index contributed by atoms with van der Waals surface area (Å²) in [5.74, 6) is -0.482. The van der Waals surface area contributed by atoms with Gasteiger partial charge in [-0.3, -0.25) is 9.69 Å². The number of nitrogens with zero attached hydrogens (tertiary/aromatic N) is 2. The number of hydrogen-bond acceptors (Lipinski definition) is 7. The van der Waals surface area contributed by atoms with Gasteiger partial charge in [-0.1, -0.05) is 6.07 Å². The van der Waals surface area contributed by atoms with Gasteiger partial charge in [0.15, 0.2) is 19.7 Å². The van der Waals surface area contributed by atoms with Gasteiger partial charge in [-0.15, -0.1) is 11.3 Å². The number of piperazine rings is 1. The van der Waals surface area contributed by atoms with Gasteiger partial charge in [0, 0.05) is 39.1 Å². The lowest BCUT2D eigenvalue weighted by atomic mass is 10.2. The van der Waals surface area contributed by atoms with E-state index in [2.05, 4.69) is 0 Å². The minimum Gasteiger partial charge on any atom is -0.340 e. The molecular formula is C14H20N2O5S3. The van der Waals surface area contributed by atoms with Gasteiger partial charge in [0.25, 0.3) is 0 Å². The van der Waals surface area contributed by atoms with Crippen LogP contribution in [0.4, 0.5) is 0 Å². The van der Waals surface area contributed by atoms with Crippen LogP contribution in [0, 0.1) is 0 Å². The first-order valence-electron chi connectivity index (χ1n) is 7.68. The van der Waals surface area contributed by atoms with E-state index in [9.17, 15) is 21.6 Å². The molecule has 7 nitrogen and oxygen atoms in total. The van der Waals surface area contributed by atoms with Gasteiger partial charge in [0.05, 0.1) is 16.8 Å².